The average Bonchev–Trinajstić information content (AvgIpc) is 2.99. The van der Waals surface area contributed by atoms with Gasteiger partial charge in [0, 0.05) is 61.2 Å². The van der Waals surface area contributed by atoms with Crippen molar-refractivity contribution in [2.45, 2.75) is 33.4 Å². The van der Waals surface area contributed by atoms with Crippen LogP contribution in [0.2, 0.25) is 0 Å². The molecule has 5 heteroatoms. The number of hydrogen-bond acceptors (Lipinski definition) is 4. The van der Waals surface area contributed by atoms with Crippen LogP contribution in [0.1, 0.15) is 30.8 Å². The molecular weight excluding hydrogens is 252 g/mol. The summed E-state index contributed by atoms with van der Waals surface area (Å²) in [7, 11) is 0. The monoisotopic (exact) mass is 276 g/mol. The minimum atomic E-state index is 0.403. The standard InChI is InChI=1S/C15H24N4O/c1-14-7-16-8-15(14,2)10-19(9-14)5-13-11-6-20-4-3-12(11)17-18-13/h16H,3-10H2,1-2H3,(H,17,18)/t14-,15+. The molecule has 3 aliphatic rings. The van der Waals surface area contributed by atoms with E-state index in [0.717, 1.165) is 39.3 Å². The highest BCUT2D eigenvalue weighted by Gasteiger charge is 2.54. The number of fused-ring (bicyclic) bond motifs is 2. The molecule has 20 heavy (non-hydrogen) atoms. The summed E-state index contributed by atoms with van der Waals surface area (Å²) in [4.78, 5) is 2.58. The van der Waals surface area contributed by atoms with E-state index in [9.17, 15) is 0 Å². The van der Waals surface area contributed by atoms with Crippen molar-refractivity contribution in [1.29, 1.82) is 0 Å². The summed E-state index contributed by atoms with van der Waals surface area (Å²) in [5.74, 6) is 0. The fraction of sp³-hybridized carbons (Fsp3) is 0.800. The Morgan fingerprint density at radius 2 is 2.00 bits per heavy atom. The molecule has 0 bridgehead atoms. The van der Waals surface area contributed by atoms with Crippen molar-refractivity contribution in [1.82, 2.24) is 20.4 Å². The van der Waals surface area contributed by atoms with Crippen molar-refractivity contribution in [3.8, 4) is 0 Å². The van der Waals surface area contributed by atoms with Crippen LogP contribution >= 0.6 is 0 Å². The van der Waals surface area contributed by atoms with E-state index >= 15 is 0 Å². The van der Waals surface area contributed by atoms with Crippen LogP contribution in [0.4, 0.5) is 0 Å². The van der Waals surface area contributed by atoms with Gasteiger partial charge in [0.25, 0.3) is 0 Å². The van der Waals surface area contributed by atoms with E-state index in [1.165, 1.54) is 30.0 Å². The van der Waals surface area contributed by atoms with E-state index in [4.69, 9.17) is 4.74 Å². The molecule has 2 atom stereocenters. The second kappa shape index (κ2) is 4.29. The first-order valence-corrected chi connectivity index (χ1v) is 7.66. The maximum atomic E-state index is 5.59. The molecule has 0 aromatic carbocycles. The van der Waals surface area contributed by atoms with Gasteiger partial charge in [-0.3, -0.25) is 10.00 Å². The van der Waals surface area contributed by atoms with Crippen LogP contribution < -0.4 is 5.32 Å². The van der Waals surface area contributed by atoms with Gasteiger partial charge in [-0.1, -0.05) is 13.8 Å². The first kappa shape index (κ1) is 12.8. The lowest BCUT2D eigenvalue weighted by atomic mass is 9.71. The van der Waals surface area contributed by atoms with Gasteiger partial charge in [0.05, 0.1) is 18.9 Å². The molecule has 2 fully saturated rings. The van der Waals surface area contributed by atoms with E-state index in [1.54, 1.807) is 0 Å². The van der Waals surface area contributed by atoms with Crippen molar-refractivity contribution in [2.75, 3.05) is 32.8 Å². The minimum Gasteiger partial charge on any atom is -0.376 e. The summed E-state index contributed by atoms with van der Waals surface area (Å²) < 4.78 is 5.59. The molecule has 4 rings (SSSR count). The zero-order valence-electron chi connectivity index (χ0n) is 12.5. The van der Waals surface area contributed by atoms with Crippen LogP contribution in [-0.4, -0.2) is 47.9 Å². The van der Waals surface area contributed by atoms with E-state index < -0.39 is 0 Å². The van der Waals surface area contributed by atoms with Crippen molar-refractivity contribution < 1.29 is 4.74 Å². The molecule has 0 unspecified atom stereocenters. The zero-order chi connectivity index (χ0) is 13.8. The predicted octanol–water partition coefficient (Wildman–Crippen LogP) is 0.914. The van der Waals surface area contributed by atoms with Gasteiger partial charge in [0.1, 0.15) is 0 Å². The highest BCUT2D eigenvalue weighted by atomic mass is 16.5. The van der Waals surface area contributed by atoms with Crippen LogP contribution in [0.3, 0.4) is 0 Å². The molecule has 0 aliphatic carbocycles. The lowest BCUT2D eigenvalue weighted by Gasteiger charge is -2.31. The third kappa shape index (κ3) is 1.76. The average molecular weight is 276 g/mol. The third-order valence-corrected chi connectivity index (χ3v) is 5.79. The number of rotatable bonds is 2. The first-order valence-electron chi connectivity index (χ1n) is 7.66. The summed E-state index contributed by atoms with van der Waals surface area (Å²) in [5, 5.41) is 11.3. The number of hydrogen-bond donors (Lipinski definition) is 2. The minimum absolute atomic E-state index is 0.403. The van der Waals surface area contributed by atoms with Gasteiger partial charge in [-0.2, -0.15) is 5.10 Å². The molecular formula is C15H24N4O. The Hall–Kier alpha value is -0.910. The zero-order valence-corrected chi connectivity index (χ0v) is 12.5. The van der Waals surface area contributed by atoms with Gasteiger partial charge in [-0.15, -0.1) is 0 Å². The lowest BCUT2D eigenvalue weighted by Crippen LogP contribution is -2.34. The molecule has 3 aliphatic heterocycles. The van der Waals surface area contributed by atoms with Crippen LogP contribution in [0.15, 0.2) is 0 Å². The number of H-pyrrole nitrogens is 1. The van der Waals surface area contributed by atoms with Gasteiger partial charge >= 0.3 is 0 Å². The number of aromatic nitrogens is 2. The Morgan fingerprint density at radius 3 is 2.75 bits per heavy atom. The summed E-state index contributed by atoms with van der Waals surface area (Å²) in [5.41, 5.74) is 4.59. The fourth-order valence-electron chi connectivity index (χ4n) is 4.20. The van der Waals surface area contributed by atoms with E-state index in [-0.39, 0.29) is 0 Å². The number of ether oxygens (including phenoxy) is 1. The van der Waals surface area contributed by atoms with E-state index in [0.29, 0.717) is 10.8 Å². The highest BCUT2D eigenvalue weighted by Crippen LogP contribution is 2.48. The van der Waals surface area contributed by atoms with Crippen LogP contribution in [-0.2, 0) is 24.3 Å². The Bertz CT molecular complexity index is 510. The molecule has 0 radical (unpaired) electrons. The van der Waals surface area contributed by atoms with Crippen LogP contribution in [0.25, 0.3) is 0 Å². The normalized spacial score (nSPS) is 37.1. The first-order chi connectivity index (χ1) is 9.60. The van der Waals surface area contributed by atoms with Crippen molar-refractivity contribution in [3.63, 3.8) is 0 Å². The predicted molar refractivity (Wildman–Crippen MR) is 76.3 cm³/mol. The van der Waals surface area contributed by atoms with E-state index in [2.05, 4.69) is 34.3 Å². The largest absolute Gasteiger partial charge is 0.376 e. The number of nitrogens with one attached hydrogen (secondary N) is 2. The maximum absolute atomic E-state index is 5.59. The second-order valence-corrected chi connectivity index (χ2v) is 7.30. The fourth-order valence-corrected chi connectivity index (χ4v) is 4.20. The highest BCUT2D eigenvalue weighted by molar-refractivity contribution is 5.26. The molecule has 1 aromatic rings. The second-order valence-electron chi connectivity index (χ2n) is 7.30. The van der Waals surface area contributed by atoms with Gasteiger partial charge in [0.2, 0.25) is 0 Å². The number of nitrogens with zero attached hydrogens (tertiary/aromatic N) is 2. The molecule has 1 aromatic heterocycles. The Morgan fingerprint density at radius 1 is 1.25 bits per heavy atom. The SMILES string of the molecule is C[C@@]12CNC[C@]1(C)CN(Cc1n[nH]c3c1COCC3)C2. The molecule has 2 saturated heterocycles. The molecule has 2 N–H and O–H groups in total. The van der Waals surface area contributed by atoms with Gasteiger partial charge < -0.3 is 10.1 Å². The Kier molecular flexibility index (Phi) is 2.75. The Labute approximate surface area is 120 Å². The number of likely N-dealkylation sites (tertiary alicyclic amines) is 1. The van der Waals surface area contributed by atoms with Crippen LogP contribution in [0.5, 0.6) is 0 Å². The summed E-state index contributed by atoms with van der Waals surface area (Å²) in [6, 6.07) is 0. The summed E-state index contributed by atoms with van der Waals surface area (Å²) in [6.45, 7) is 12.0. The summed E-state index contributed by atoms with van der Waals surface area (Å²) in [6.07, 6.45) is 0.974. The van der Waals surface area contributed by atoms with Crippen molar-refractivity contribution in [2.24, 2.45) is 10.8 Å². The summed E-state index contributed by atoms with van der Waals surface area (Å²) >= 11 is 0. The molecule has 4 heterocycles. The van der Waals surface area contributed by atoms with E-state index in [1.807, 2.05) is 0 Å². The molecule has 0 spiro atoms. The van der Waals surface area contributed by atoms with Gasteiger partial charge in [-0.05, 0) is 0 Å². The maximum Gasteiger partial charge on any atom is 0.0820 e. The van der Waals surface area contributed by atoms with Crippen molar-refractivity contribution in [3.05, 3.63) is 17.0 Å². The van der Waals surface area contributed by atoms with Crippen LogP contribution in [0, 0.1) is 10.8 Å². The molecule has 5 nitrogen and oxygen atoms in total. The van der Waals surface area contributed by atoms with Crippen molar-refractivity contribution >= 4 is 0 Å². The smallest absolute Gasteiger partial charge is 0.0820 e. The van der Waals surface area contributed by atoms with Gasteiger partial charge in [0.15, 0.2) is 0 Å². The molecule has 0 saturated carbocycles. The lowest BCUT2D eigenvalue weighted by molar-refractivity contribution is 0.109. The number of aromatic amines is 1. The molecule has 110 valence electrons. The molecule has 0 amide bonds. The van der Waals surface area contributed by atoms with Gasteiger partial charge in [-0.25, -0.2) is 0 Å². The quantitative estimate of drug-likeness (QED) is 0.843. The Balaban J connectivity index is 1.52. The topological polar surface area (TPSA) is 53.2 Å². The third-order valence-electron chi connectivity index (χ3n) is 5.79.